The molecule has 6 heteroatoms. The fraction of sp³-hybridized carbons (Fsp3) is 0.0714. The van der Waals surface area contributed by atoms with Crippen LogP contribution >= 0.6 is 39.3 Å². The van der Waals surface area contributed by atoms with Crippen LogP contribution in [-0.2, 0) is 4.79 Å². The lowest BCUT2D eigenvalue weighted by Gasteiger charge is -2.06. The Kier molecular flexibility index (Phi) is 5.46. The van der Waals surface area contributed by atoms with Crippen LogP contribution in [0.3, 0.4) is 0 Å². The van der Waals surface area contributed by atoms with Crippen LogP contribution in [0.4, 0.5) is 10.1 Å². The number of rotatable bonds is 4. The number of thioether (sulfide) groups is 1. The van der Waals surface area contributed by atoms with E-state index in [1.54, 1.807) is 30.3 Å². The molecule has 0 aromatic heterocycles. The molecule has 0 aliphatic rings. The molecule has 0 unspecified atom stereocenters. The fourth-order valence-corrected chi connectivity index (χ4v) is 2.65. The lowest BCUT2D eigenvalue weighted by atomic mass is 10.3. The van der Waals surface area contributed by atoms with Crippen molar-refractivity contribution in [3.8, 4) is 0 Å². The quantitative estimate of drug-likeness (QED) is 0.765. The van der Waals surface area contributed by atoms with Gasteiger partial charge in [-0.15, -0.1) is 11.8 Å². The molecule has 0 aliphatic carbocycles. The minimum atomic E-state index is -0.287. The summed E-state index contributed by atoms with van der Waals surface area (Å²) in [4.78, 5) is 12.6. The SMILES string of the molecule is O=C(CSc1ccc(F)cc1)Nc1ccc(Cl)c(Br)c1. The molecule has 2 nitrogen and oxygen atoms in total. The predicted molar refractivity (Wildman–Crippen MR) is 84.9 cm³/mol. The minimum Gasteiger partial charge on any atom is -0.325 e. The van der Waals surface area contributed by atoms with Crippen LogP contribution in [0.5, 0.6) is 0 Å². The fourth-order valence-electron chi connectivity index (χ4n) is 1.45. The highest BCUT2D eigenvalue weighted by atomic mass is 79.9. The van der Waals surface area contributed by atoms with Crippen molar-refractivity contribution in [3.63, 3.8) is 0 Å². The van der Waals surface area contributed by atoms with Crippen LogP contribution in [0.15, 0.2) is 51.8 Å². The van der Waals surface area contributed by atoms with Gasteiger partial charge in [-0.25, -0.2) is 4.39 Å². The number of carbonyl (C=O) groups excluding carboxylic acids is 1. The van der Waals surface area contributed by atoms with Gasteiger partial charge in [-0.3, -0.25) is 4.79 Å². The second-order valence-electron chi connectivity index (χ2n) is 3.92. The Morgan fingerprint density at radius 1 is 1.25 bits per heavy atom. The first kappa shape index (κ1) is 15.4. The van der Waals surface area contributed by atoms with Gasteiger partial charge in [-0.05, 0) is 58.4 Å². The summed E-state index contributed by atoms with van der Waals surface area (Å²) in [5.41, 5.74) is 0.672. The third-order valence-corrected chi connectivity index (χ3v) is 4.61. The van der Waals surface area contributed by atoms with Crippen LogP contribution in [0.1, 0.15) is 0 Å². The van der Waals surface area contributed by atoms with E-state index in [2.05, 4.69) is 21.2 Å². The lowest BCUT2D eigenvalue weighted by Crippen LogP contribution is -2.13. The number of carbonyl (C=O) groups is 1. The second kappa shape index (κ2) is 7.11. The average Bonchev–Trinajstić information content (AvgIpc) is 2.42. The van der Waals surface area contributed by atoms with Gasteiger partial charge < -0.3 is 5.32 Å². The molecule has 1 N–H and O–H groups in total. The highest BCUT2D eigenvalue weighted by Crippen LogP contribution is 2.26. The van der Waals surface area contributed by atoms with Crippen molar-refractivity contribution in [1.82, 2.24) is 0 Å². The predicted octanol–water partition coefficient (Wildman–Crippen LogP) is 4.97. The maximum absolute atomic E-state index is 12.7. The van der Waals surface area contributed by atoms with Crippen molar-refractivity contribution in [1.29, 1.82) is 0 Å². The molecule has 0 bridgehead atoms. The summed E-state index contributed by atoms with van der Waals surface area (Å²) in [6.45, 7) is 0. The number of nitrogens with one attached hydrogen (secondary N) is 1. The topological polar surface area (TPSA) is 29.1 Å². The van der Waals surface area contributed by atoms with Crippen molar-refractivity contribution in [3.05, 3.63) is 57.8 Å². The van der Waals surface area contributed by atoms with E-state index >= 15 is 0 Å². The van der Waals surface area contributed by atoms with Crippen LogP contribution in [0, 0.1) is 5.82 Å². The first-order valence-electron chi connectivity index (χ1n) is 5.68. The van der Waals surface area contributed by atoms with E-state index in [1.807, 2.05) is 0 Å². The molecule has 0 heterocycles. The highest BCUT2D eigenvalue weighted by molar-refractivity contribution is 9.10. The Bertz CT molecular complexity index is 621. The summed E-state index contributed by atoms with van der Waals surface area (Å²) in [6.07, 6.45) is 0. The zero-order valence-electron chi connectivity index (χ0n) is 10.2. The molecule has 20 heavy (non-hydrogen) atoms. The van der Waals surface area contributed by atoms with Gasteiger partial charge in [-0.1, -0.05) is 11.6 Å². The normalized spacial score (nSPS) is 10.3. The van der Waals surface area contributed by atoms with Crippen molar-refractivity contribution in [2.75, 3.05) is 11.1 Å². The van der Waals surface area contributed by atoms with E-state index < -0.39 is 0 Å². The number of benzene rings is 2. The standard InChI is InChI=1S/C14H10BrClFNOS/c15-12-7-10(3-6-13(12)16)18-14(19)8-20-11-4-1-9(17)2-5-11/h1-7H,8H2,(H,18,19). The van der Waals surface area contributed by atoms with Gasteiger partial charge >= 0.3 is 0 Å². The summed E-state index contributed by atoms with van der Waals surface area (Å²) >= 11 is 10.5. The van der Waals surface area contributed by atoms with Crippen LogP contribution in [-0.4, -0.2) is 11.7 Å². The van der Waals surface area contributed by atoms with Gasteiger partial charge in [0.05, 0.1) is 10.8 Å². The van der Waals surface area contributed by atoms with Crippen LogP contribution in [0.2, 0.25) is 5.02 Å². The first-order valence-corrected chi connectivity index (χ1v) is 7.83. The summed E-state index contributed by atoms with van der Waals surface area (Å²) < 4.78 is 13.5. The summed E-state index contributed by atoms with van der Waals surface area (Å²) in [7, 11) is 0. The zero-order valence-corrected chi connectivity index (χ0v) is 13.4. The highest BCUT2D eigenvalue weighted by Gasteiger charge is 2.05. The molecule has 0 fully saturated rings. The van der Waals surface area contributed by atoms with E-state index in [4.69, 9.17) is 11.6 Å². The first-order chi connectivity index (χ1) is 9.54. The minimum absolute atomic E-state index is 0.131. The van der Waals surface area contributed by atoms with Gasteiger partial charge in [0, 0.05) is 15.1 Å². The number of hydrogen-bond acceptors (Lipinski definition) is 2. The van der Waals surface area contributed by atoms with Crippen molar-refractivity contribution < 1.29 is 9.18 Å². The molecule has 0 saturated carbocycles. The third kappa shape index (κ3) is 4.51. The van der Waals surface area contributed by atoms with Crippen molar-refractivity contribution in [2.24, 2.45) is 0 Å². The summed E-state index contributed by atoms with van der Waals surface area (Å²) in [5.74, 6) is -0.162. The van der Waals surface area contributed by atoms with E-state index in [0.717, 1.165) is 9.37 Å². The summed E-state index contributed by atoms with van der Waals surface area (Å²) in [6, 6.07) is 11.2. The van der Waals surface area contributed by atoms with Gasteiger partial charge in [0.15, 0.2) is 0 Å². The Morgan fingerprint density at radius 2 is 1.95 bits per heavy atom. The van der Waals surface area contributed by atoms with E-state index in [-0.39, 0.29) is 17.5 Å². The van der Waals surface area contributed by atoms with Crippen LogP contribution in [0.25, 0.3) is 0 Å². The number of amides is 1. The maximum Gasteiger partial charge on any atom is 0.234 e. The number of hydrogen-bond donors (Lipinski definition) is 1. The molecule has 1 amide bonds. The lowest BCUT2D eigenvalue weighted by molar-refractivity contribution is -0.113. The van der Waals surface area contributed by atoms with Gasteiger partial charge in [-0.2, -0.15) is 0 Å². The Balaban J connectivity index is 1.89. The second-order valence-corrected chi connectivity index (χ2v) is 6.23. The molecule has 0 atom stereocenters. The van der Waals surface area contributed by atoms with Gasteiger partial charge in [0.1, 0.15) is 5.82 Å². The van der Waals surface area contributed by atoms with Crippen molar-refractivity contribution in [2.45, 2.75) is 4.90 Å². The molecular weight excluding hydrogens is 365 g/mol. The maximum atomic E-state index is 12.7. The molecule has 2 aromatic rings. The number of halogens is 3. The molecule has 0 saturated heterocycles. The van der Waals surface area contributed by atoms with Gasteiger partial charge in [0.25, 0.3) is 0 Å². The molecule has 0 aliphatic heterocycles. The van der Waals surface area contributed by atoms with E-state index in [9.17, 15) is 9.18 Å². The van der Waals surface area contributed by atoms with E-state index in [0.29, 0.717) is 10.7 Å². The summed E-state index contributed by atoms with van der Waals surface area (Å²) in [5, 5.41) is 3.36. The van der Waals surface area contributed by atoms with Crippen LogP contribution < -0.4 is 5.32 Å². The third-order valence-electron chi connectivity index (χ3n) is 2.39. The number of anilines is 1. The smallest absolute Gasteiger partial charge is 0.234 e. The molecular formula is C14H10BrClFNOS. The zero-order chi connectivity index (χ0) is 14.5. The molecule has 2 aromatic carbocycles. The Labute approximate surface area is 133 Å². The molecule has 0 radical (unpaired) electrons. The van der Waals surface area contributed by atoms with Crippen molar-refractivity contribution >= 4 is 50.9 Å². The Hall–Kier alpha value is -1.04. The Morgan fingerprint density at radius 3 is 2.60 bits per heavy atom. The monoisotopic (exact) mass is 373 g/mol. The molecule has 2 rings (SSSR count). The largest absolute Gasteiger partial charge is 0.325 e. The molecule has 0 spiro atoms. The molecule has 104 valence electrons. The average molecular weight is 375 g/mol. The van der Waals surface area contributed by atoms with E-state index in [1.165, 1.54) is 23.9 Å². The van der Waals surface area contributed by atoms with Gasteiger partial charge in [0.2, 0.25) is 5.91 Å².